The number of rotatable bonds is 7. The van der Waals surface area contributed by atoms with Gasteiger partial charge in [0.1, 0.15) is 17.3 Å². The zero-order chi connectivity index (χ0) is 19.3. The predicted molar refractivity (Wildman–Crippen MR) is 95.3 cm³/mol. The summed E-state index contributed by atoms with van der Waals surface area (Å²) in [6.07, 6.45) is 0. The number of aryl methyl sites for hydroxylation is 1. The molecule has 140 valence electrons. The number of methoxy groups -OCH3 is 1. The van der Waals surface area contributed by atoms with Gasteiger partial charge in [0, 0.05) is 7.05 Å². The molecule has 0 aliphatic rings. The molecule has 2 rings (SSSR count). The van der Waals surface area contributed by atoms with Crippen LogP contribution in [0.2, 0.25) is 0 Å². The highest BCUT2D eigenvalue weighted by atomic mass is 32.2. The van der Waals surface area contributed by atoms with E-state index in [1.807, 2.05) is 31.2 Å². The Balaban J connectivity index is 2.25. The molecule has 0 unspecified atom stereocenters. The molecule has 0 saturated heterocycles. The molecule has 0 fully saturated rings. The van der Waals surface area contributed by atoms with E-state index >= 15 is 0 Å². The van der Waals surface area contributed by atoms with Crippen molar-refractivity contribution in [1.82, 2.24) is 4.47 Å². The zero-order valence-electron chi connectivity index (χ0n) is 15.1. The van der Waals surface area contributed by atoms with Crippen LogP contribution in [-0.4, -0.2) is 40.1 Å². The topological polar surface area (TPSA) is 82.1 Å². The van der Waals surface area contributed by atoms with Crippen LogP contribution >= 0.6 is 0 Å². The minimum Gasteiger partial charge on any atom is -0.495 e. The Kier molecular flexibility index (Phi) is 6.36. The molecule has 0 radical (unpaired) electrons. The van der Waals surface area contributed by atoms with Gasteiger partial charge in [-0.3, -0.25) is 4.84 Å². The van der Waals surface area contributed by atoms with E-state index in [1.54, 1.807) is 0 Å². The van der Waals surface area contributed by atoms with Gasteiger partial charge in [-0.15, -0.1) is 0 Å². The molecule has 0 aliphatic carbocycles. The van der Waals surface area contributed by atoms with E-state index in [-0.39, 0.29) is 22.8 Å². The monoisotopic (exact) mass is 379 g/mol. The minimum atomic E-state index is -3.98. The third-order valence-corrected chi connectivity index (χ3v) is 5.46. The highest BCUT2D eigenvalue weighted by Gasteiger charge is 2.26. The lowest BCUT2D eigenvalue weighted by molar-refractivity contribution is -0.0259. The SMILES string of the molecule is COc1ccc(C(=O)OCc2ccc(C)cc2)cc1S(=O)(=O)N(C)OC. The fraction of sp³-hybridized carbons (Fsp3) is 0.278. The van der Waals surface area contributed by atoms with Crippen molar-refractivity contribution in [3.63, 3.8) is 0 Å². The van der Waals surface area contributed by atoms with Crippen LogP contribution in [0.15, 0.2) is 47.4 Å². The smallest absolute Gasteiger partial charge is 0.338 e. The van der Waals surface area contributed by atoms with Gasteiger partial charge in [0.2, 0.25) is 0 Å². The fourth-order valence-electron chi connectivity index (χ4n) is 2.16. The highest BCUT2D eigenvalue weighted by molar-refractivity contribution is 7.89. The van der Waals surface area contributed by atoms with Gasteiger partial charge in [-0.2, -0.15) is 0 Å². The number of esters is 1. The first-order valence-corrected chi connectivity index (χ1v) is 9.17. The highest BCUT2D eigenvalue weighted by Crippen LogP contribution is 2.27. The predicted octanol–water partition coefficient (Wildman–Crippen LogP) is 2.54. The van der Waals surface area contributed by atoms with Crippen molar-refractivity contribution < 1.29 is 27.5 Å². The van der Waals surface area contributed by atoms with Gasteiger partial charge >= 0.3 is 5.97 Å². The molecule has 0 heterocycles. The second kappa shape index (κ2) is 8.31. The van der Waals surface area contributed by atoms with Crippen molar-refractivity contribution in [3.8, 4) is 5.75 Å². The Bertz CT molecular complexity index is 877. The van der Waals surface area contributed by atoms with Crippen molar-refractivity contribution >= 4 is 16.0 Å². The van der Waals surface area contributed by atoms with E-state index in [0.717, 1.165) is 11.1 Å². The lowest BCUT2D eigenvalue weighted by Crippen LogP contribution is -2.26. The summed E-state index contributed by atoms with van der Waals surface area (Å²) in [6, 6.07) is 11.6. The number of ether oxygens (including phenoxy) is 2. The van der Waals surface area contributed by atoms with Gasteiger partial charge in [-0.1, -0.05) is 34.3 Å². The molecule has 8 heteroatoms. The molecule has 2 aromatic rings. The average Bonchev–Trinajstić information content (AvgIpc) is 2.65. The first-order chi connectivity index (χ1) is 12.3. The summed E-state index contributed by atoms with van der Waals surface area (Å²) in [5, 5.41) is 0. The van der Waals surface area contributed by atoms with Crippen LogP contribution in [0, 0.1) is 6.92 Å². The maximum Gasteiger partial charge on any atom is 0.338 e. The molecule has 0 N–H and O–H groups in total. The van der Waals surface area contributed by atoms with Crippen LogP contribution in [-0.2, 0) is 26.2 Å². The molecule has 0 amide bonds. The van der Waals surface area contributed by atoms with Gasteiger partial charge in [-0.05, 0) is 30.7 Å². The second-order valence-electron chi connectivity index (χ2n) is 5.52. The summed E-state index contributed by atoms with van der Waals surface area (Å²) < 4.78 is 36.0. The number of carbonyl (C=O) groups is 1. The average molecular weight is 379 g/mol. The molecule has 0 aliphatic heterocycles. The Morgan fingerprint density at radius 2 is 1.73 bits per heavy atom. The van der Waals surface area contributed by atoms with E-state index in [4.69, 9.17) is 14.3 Å². The van der Waals surface area contributed by atoms with Crippen molar-refractivity contribution in [2.45, 2.75) is 18.4 Å². The molecule has 0 spiro atoms. The summed E-state index contributed by atoms with van der Waals surface area (Å²) in [4.78, 5) is 16.9. The van der Waals surface area contributed by atoms with Gasteiger partial charge in [0.15, 0.2) is 0 Å². The van der Waals surface area contributed by atoms with Crippen LogP contribution in [0.1, 0.15) is 21.5 Å². The largest absolute Gasteiger partial charge is 0.495 e. The minimum absolute atomic E-state index is 0.0885. The summed E-state index contributed by atoms with van der Waals surface area (Å²) in [6.45, 7) is 2.05. The zero-order valence-corrected chi connectivity index (χ0v) is 15.9. The standard InChI is InChI=1S/C18H21NO6S/c1-13-5-7-14(8-6-13)12-25-18(20)15-9-10-16(23-3)17(11-15)26(21,22)19(2)24-4/h5-11H,12H2,1-4H3. The first-order valence-electron chi connectivity index (χ1n) is 7.73. The number of nitrogens with zero attached hydrogens (tertiary/aromatic N) is 1. The molecule has 2 aromatic carbocycles. The molecule has 0 bridgehead atoms. The van der Waals surface area contributed by atoms with Gasteiger partial charge in [-0.25, -0.2) is 13.2 Å². The molecular formula is C18H21NO6S. The van der Waals surface area contributed by atoms with Crippen molar-refractivity contribution in [2.24, 2.45) is 0 Å². The number of carbonyl (C=O) groups excluding carboxylic acids is 1. The molecule has 0 atom stereocenters. The van der Waals surface area contributed by atoms with Gasteiger partial charge in [0.25, 0.3) is 10.0 Å². The van der Waals surface area contributed by atoms with Gasteiger partial charge in [0.05, 0.1) is 19.8 Å². The first kappa shape index (κ1) is 19.9. The van der Waals surface area contributed by atoms with E-state index in [1.165, 1.54) is 39.5 Å². The van der Waals surface area contributed by atoms with Crippen LogP contribution in [0.5, 0.6) is 5.75 Å². The summed E-state index contributed by atoms with van der Waals surface area (Å²) in [5.41, 5.74) is 2.04. The van der Waals surface area contributed by atoms with E-state index < -0.39 is 16.0 Å². The number of benzene rings is 2. The second-order valence-corrected chi connectivity index (χ2v) is 7.43. The third-order valence-electron chi connectivity index (χ3n) is 3.76. The van der Waals surface area contributed by atoms with Gasteiger partial charge < -0.3 is 9.47 Å². The number of hydrogen-bond donors (Lipinski definition) is 0. The lowest BCUT2D eigenvalue weighted by atomic mass is 10.2. The molecule has 0 saturated carbocycles. The van der Waals surface area contributed by atoms with Crippen LogP contribution in [0.3, 0.4) is 0 Å². The Hall–Kier alpha value is -2.42. The fourth-order valence-corrected chi connectivity index (χ4v) is 3.31. The summed E-state index contributed by atoms with van der Waals surface area (Å²) >= 11 is 0. The maximum absolute atomic E-state index is 12.5. The number of hydrogen-bond acceptors (Lipinski definition) is 6. The van der Waals surface area contributed by atoms with E-state index in [0.29, 0.717) is 4.47 Å². The molecule has 26 heavy (non-hydrogen) atoms. The lowest BCUT2D eigenvalue weighted by Gasteiger charge is -2.17. The maximum atomic E-state index is 12.5. The van der Waals surface area contributed by atoms with Crippen LogP contribution in [0.4, 0.5) is 0 Å². The van der Waals surface area contributed by atoms with Crippen molar-refractivity contribution in [2.75, 3.05) is 21.3 Å². The van der Waals surface area contributed by atoms with Crippen LogP contribution < -0.4 is 4.74 Å². The molecule has 7 nitrogen and oxygen atoms in total. The summed E-state index contributed by atoms with van der Waals surface area (Å²) in [7, 11) is -0.164. The Labute approximate surface area is 153 Å². The van der Waals surface area contributed by atoms with E-state index in [2.05, 4.69) is 0 Å². The normalized spacial score (nSPS) is 11.4. The quantitative estimate of drug-likeness (QED) is 0.543. The molecular weight excluding hydrogens is 358 g/mol. The Morgan fingerprint density at radius 1 is 1.08 bits per heavy atom. The number of hydroxylamine groups is 1. The van der Waals surface area contributed by atoms with E-state index in [9.17, 15) is 13.2 Å². The molecule has 0 aromatic heterocycles. The van der Waals surface area contributed by atoms with Crippen molar-refractivity contribution in [3.05, 3.63) is 59.2 Å². The Morgan fingerprint density at radius 3 is 2.31 bits per heavy atom. The third kappa shape index (κ3) is 4.40. The van der Waals surface area contributed by atoms with Crippen LogP contribution in [0.25, 0.3) is 0 Å². The number of sulfonamides is 1. The van der Waals surface area contributed by atoms with Crippen molar-refractivity contribution in [1.29, 1.82) is 0 Å². The summed E-state index contributed by atoms with van der Waals surface area (Å²) in [5.74, 6) is -0.534.